The first-order valence-corrected chi connectivity index (χ1v) is 17.7. The van der Waals surface area contributed by atoms with Crippen molar-refractivity contribution in [1.82, 2.24) is 0 Å². The fourth-order valence-corrected chi connectivity index (χ4v) is 5.77. The maximum atomic E-state index is 13.1. The van der Waals surface area contributed by atoms with Gasteiger partial charge in [-0.05, 0) is 74.4 Å². The van der Waals surface area contributed by atoms with Gasteiger partial charge in [-0.25, -0.2) is 4.79 Å². The highest BCUT2D eigenvalue weighted by Gasteiger charge is 2.24. The van der Waals surface area contributed by atoms with Gasteiger partial charge in [-0.2, -0.15) is 5.26 Å². The second-order valence-corrected chi connectivity index (χ2v) is 13.1. The van der Waals surface area contributed by atoms with Crippen LogP contribution in [0, 0.1) is 31.1 Å². The Kier molecular flexibility index (Phi) is 14.0. The van der Waals surface area contributed by atoms with Crippen molar-refractivity contribution in [1.29, 1.82) is 5.26 Å². The molecule has 4 aromatic carbocycles. The van der Waals surface area contributed by atoms with Gasteiger partial charge in [-0.3, -0.25) is 24.0 Å². The molecule has 13 nitrogen and oxygen atoms in total. The molecule has 0 saturated heterocycles. The normalized spacial score (nSPS) is 11.2. The molecule has 284 valence electrons. The van der Waals surface area contributed by atoms with Gasteiger partial charge in [0.15, 0.2) is 5.78 Å². The van der Waals surface area contributed by atoms with Crippen LogP contribution in [0.15, 0.2) is 72.8 Å². The summed E-state index contributed by atoms with van der Waals surface area (Å²) in [6.07, 6.45) is 3.30. The fraction of sp³-hybridized carbons (Fsp3) is 0.262. The zero-order chi connectivity index (χ0) is 40.2. The molecule has 0 aliphatic rings. The van der Waals surface area contributed by atoms with Gasteiger partial charge in [0.05, 0.1) is 17.6 Å². The van der Waals surface area contributed by atoms with Crippen LogP contribution in [-0.2, 0) is 16.0 Å². The van der Waals surface area contributed by atoms with Crippen molar-refractivity contribution in [2.45, 2.75) is 65.7 Å². The molecular weight excluding hydrogens is 704 g/mol. The topological polar surface area (TPSA) is 223 Å². The van der Waals surface area contributed by atoms with E-state index in [4.69, 9.17) is 0 Å². The average Bonchev–Trinajstić information content (AvgIpc) is 3.15. The fourth-order valence-electron chi connectivity index (χ4n) is 5.77. The number of aromatic hydroxyl groups is 2. The Balaban J connectivity index is 1.35. The van der Waals surface area contributed by atoms with E-state index in [0.29, 0.717) is 24.1 Å². The summed E-state index contributed by atoms with van der Waals surface area (Å²) < 4.78 is 0. The van der Waals surface area contributed by atoms with Gasteiger partial charge < -0.3 is 31.3 Å². The second kappa shape index (κ2) is 18.8. The molecule has 0 heterocycles. The summed E-state index contributed by atoms with van der Waals surface area (Å²) in [6, 6.07) is 19.7. The Hall–Kier alpha value is -6.81. The highest BCUT2D eigenvalue weighted by molar-refractivity contribution is 6.09. The highest BCUT2D eigenvalue weighted by Crippen LogP contribution is 2.32. The lowest BCUT2D eigenvalue weighted by molar-refractivity contribution is -0.120. The number of phenolic OH excluding ortho intramolecular Hbond substituents is 1. The van der Waals surface area contributed by atoms with Crippen molar-refractivity contribution in [2.75, 3.05) is 16.0 Å². The summed E-state index contributed by atoms with van der Waals surface area (Å²) in [5.41, 5.74) is 1.91. The van der Waals surface area contributed by atoms with Gasteiger partial charge in [-0.1, -0.05) is 44.0 Å². The number of anilines is 3. The van der Waals surface area contributed by atoms with Crippen LogP contribution < -0.4 is 16.0 Å². The third kappa shape index (κ3) is 10.6. The van der Waals surface area contributed by atoms with E-state index < -0.39 is 41.1 Å². The van der Waals surface area contributed by atoms with E-state index in [1.807, 2.05) is 6.07 Å². The van der Waals surface area contributed by atoms with Gasteiger partial charge >= 0.3 is 5.97 Å². The number of benzene rings is 4. The first kappa shape index (κ1) is 41.0. The summed E-state index contributed by atoms with van der Waals surface area (Å²) in [4.78, 5) is 75.7. The maximum absolute atomic E-state index is 13.1. The summed E-state index contributed by atoms with van der Waals surface area (Å²) in [5.74, 6) is -5.19. The number of phenols is 2. The summed E-state index contributed by atoms with van der Waals surface area (Å²) in [6.45, 7) is 5.00. The predicted molar refractivity (Wildman–Crippen MR) is 206 cm³/mol. The van der Waals surface area contributed by atoms with Crippen LogP contribution in [0.2, 0.25) is 0 Å². The zero-order valence-corrected chi connectivity index (χ0v) is 30.7. The number of carbonyl (C=O) groups excluding carboxylic acids is 5. The van der Waals surface area contributed by atoms with Crippen molar-refractivity contribution < 1.29 is 44.1 Å². The van der Waals surface area contributed by atoms with Crippen LogP contribution in [0.1, 0.15) is 104 Å². The van der Waals surface area contributed by atoms with Crippen LogP contribution in [0.25, 0.3) is 0 Å². The lowest BCUT2D eigenvalue weighted by atomic mass is 9.94. The van der Waals surface area contributed by atoms with Crippen molar-refractivity contribution in [3.63, 3.8) is 0 Å². The minimum Gasteiger partial charge on any atom is -0.507 e. The van der Waals surface area contributed by atoms with E-state index in [2.05, 4.69) is 22.9 Å². The third-order valence-corrected chi connectivity index (χ3v) is 9.12. The summed E-state index contributed by atoms with van der Waals surface area (Å²) in [7, 11) is 0. The van der Waals surface area contributed by atoms with Gasteiger partial charge in [0.1, 0.15) is 22.8 Å². The molecule has 1 atom stereocenters. The molecular formula is C42H42N4O9. The Morgan fingerprint density at radius 3 is 1.85 bits per heavy atom. The Labute approximate surface area is 318 Å². The average molecular weight is 747 g/mol. The number of hydrogen-bond donors (Lipinski definition) is 6. The van der Waals surface area contributed by atoms with E-state index in [0.717, 1.165) is 30.9 Å². The Morgan fingerprint density at radius 2 is 1.27 bits per heavy atom. The van der Waals surface area contributed by atoms with Crippen molar-refractivity contribution in [3.05, 3.63) is 112 Å². The quantitative estimate of drug-likeness (QED) is 0.0465. The van der Waals surface area contributed by atoms with Crippen LogP contribution in [-0.4, -0.2) is 50.6 Å². The molecule has 13 heteroatoms. The lowest BCUT2D eigenvalue weighted by Crippen LogP contribution is -2.25. The minimum absolute atomic E-state index is 0.122. The maximum Gasteiger partial charge on any atom is 0.339 e. The van der Waals surface area contributed by atoms with Crippen LogP contribution in [0.5, 0.6) is 11.5 Å². The number of rotatable bonds is 17. The number of hydrogen-bond acceptors (Lipinski definition) is 9. The van der Waals surface area contributed by atoms with Crippen molar-refractivity contribution in [2.24, 2.45) is 5.92 Å². The number of Topliss-reactive ketones (excluding diaryl/α,β-unsaturated/α-hetero) is 2. The van der Waals surface area contributed by atoms with Crippen LogP contribution in [0.4, 0.5) is 17.1 Å². The van der Waals surface area contributed by atoms with Crippen LogP contribution >= 0.6 is 0 Å². The number of ketones is 2. The molecule has 0 saturated carbocycles. The van der Waals surface area contributed by atoms with E-state index >= 15 is 0 Å². The SMILES string of the molecule is CCCCCC(=O)Cc1ccc(C(=O)CC(CC#N)C(=O)Nc2ccc(C(=O)Nc3ccc(C(=O)Nc4ccc(C(=O)O)c(O)c4C)c(O)c3C)cc2)cc1. The number of carboxylic acids is 1. The number of amides is 3. The molecule has 4 aromatic rings. The number of carbonyl (C=O) groups is 6. The first-order valence-electron chi connectivity index (χ1n) is 17.7. The number of nitriles is 1. The molecule has 6 N–H and O–H groups in total. The number of carboxylic acid groups (broad SMARTS) is 1. The molecule has 0 aliphatic heterocycles. The molecule has 55 heavy (non-hydrogen) atoms. The second-order valence-electron chi connectivity index (χ2n) is 13.1. The third-order valence-electron chi connectivity index (χ3n) is 9.12. The zero-order valence-electron chi connectivity index (χ0n) is 30.7. The first-order chi connectivity index (χ1) is 26.2. The highest BCUT2D eigenvalue weighted by atomic mass is 16.4. The van der Waals surface area contributed by atoms with Crippen molar-refractivity contribution in [3.8, 4) is 17.6 Å². The van der Waals surface area contributed by atoms with Crippen LogP contribution in [0.3, 0.4) is 0 Å². The molecule has 0 aliphatic carbocycles. The number of aromatic carboxylic acids is 1. The number of unbranched alkanes of at least 4 members (excludes halogenated alkanes) is 2. The molecule has 1 unspecified atom stereocenters. The van der Waals surface area contributed by atoms with Crippen molar-refractivity contribution >= 4 is 52.3 Å². The minimum atomic E-state index is -1.33. The molecule has 0 fully saturated rings. The van der Waals surface area contributed by atoms with Gasteiger partial charge in [-0.15, -0.1) is 0 Å². The van der Waals surface area contributed by atoms with E-state index in [1.165, 1.54) is 56.3 Å². The van der Waals surface area contributed by atoms with E-state index in [9.17, 15) is 49.3 Å². The lowest BCUT2D eigenvalue weighted by Gasteiger charge is -2.15. The molecule has 0 radical (unpaired) electrons. The number of nitrogens with zero attached hydrogens (tertiary/aromatic N) is 1. The molecule has 3 amide bonds. The van der Waals surface area contributed by atoms with Gasteiger partial charge in [0, 0.05) is 65.0 Å². The Morgan fingerprint density at radius 1 is 0.709 bits per heavy atom. The monoisotopic (exact) mass is 746 g/mol. The number of nitrogens with one attached hydrogen (secondary N) is 3. The van der Waals surface area contributed by atoms with Gasteiger partial charge in [0.25, 0.3) is 11.8 Å². The molecule has 0 aromatic heterocycles. The van der Waals surface area contributed by atoms with E-state index in [-0.39, 0.29) is 63.6 Å². The summed E-state index contributed by atoms with van der Waals surface area (Å²) in [5, 5.41) is 47.4. The molecule has 0 spiro atoms. The largest absolute Gasteiger partial charge is 0.507 e. The summed E-state index contributed by atoms with van der Waals surface area (Å²) >= 11 is 0. The standard InChI is InChI=1S/C42H42N4O9/c1-4-5-6-7-31(47)22-26-8-10-27(11-9-26)36(48)23-29(20-21-43)40(52)44-30-14-12-28(13-15-30)39(51)45-34-18-16-32(37(49)24(34)2)41(53)46-35-19-17-33(42(54)55)38(50)25(35)3/h8-19,29,49-50H,4-7,20,22-23H2,1-3H3,(H,44,52)(H,45,51)(H,46,53)(H,54,55). The molecule has 4 rings (SSSR count). The smallest absolute Gasteiger partial charge is 0.339 e. The van der Waals surface area contributed by atoms with E-state index in [1.54, 1.807) is 24.3 Å². The van der Waals surface area contributed by atoms with Gasteiger partial charge in [0.2, 0.25) is 5.91 Å². The predicted octanol–water partition coefficient (Wildman–Crippen LogP) is 7.35. The molecule has 0 bridgehead atoms. The Bertz CT molecular complexity index is 2150.